The minimum absolute atomic E-state index is 0.0793. The summed E-state index contributed by atoms with van der Waals surface area (Å²) in [6, 6.07) is 9.36. The second-order valence-corrected chi connectivity index (χ2v) is 5.24. The highest BCUT2D eigenvalue weighted by Crippen LogP contribution is 2.34. The van der Waals surface area contributed by atoms with Crippen molar-refractivity contribution in [1.82, 2.24) is 4.90 Å². The molecule has 1 heterocycles. The Morgan fingerprint density at radius 2 is 2.11 bits per heavy atom. The van der Waals surface area contributed by atoms with Crippen LogP contribution in [0.3, 0.4) is 0 Å². The van der Waals surface area contributed by atoms with E-state index in [0.29, 0.717) is 18.4 Å². The van der Waals surface area contributed by atoms with E-state index in [1.54, 1.807) is 6.07 Å². The van der Waals surface area contributed by atoms with E-state index in [0.717, 1.165) is 5.56 Å². The minimum atomic E-state index is -0.197. The molecular formula is C15H19N3O. The number of piperidine rings is 1. The van der Waals surface area contributed by atoms with Gasteiger partial charge in [0.2, 0.25) is 5.91 Å². The zero-order chi connectivity index (χ0) is 14.0. The maximum absolute atomic E-state index is 12.2. The summed E-state index contributed by atoms with van der Waals surface area (Å²) in [5.74, 6) is 0.120. The molecule has 0 radical (unpaired) electrons. The van der Waals surface area contributed by atoms with Gasteiger partial charge >= 0.3 is 0 Å². The number of nitrogens with zero attached hydrogens (tertiary/aromatic N) is 2. The van der Waals surface area contributed by atoms with Gasteiger partial charge in [-0.25, -0.2) is 0 Å². The SMILES string of the molecule is CC(C)N1C(=O)CCC(N)C1c1ccccc1C#N. The van der Waals surface area contributed by atoms with E-state index in [1.807, 2.05) is 36.9 Å². The highest BCUT2D eigenvalue weighted by Gasteiger charge is 2.37. The van der Waals surface area contributed by atoms with Gasteiger partial charge in [0.25, 0.3) is 0 Å². The number of nitriles is 1. The highest BCUT2D eigenvalue weighted by molar-refractivity contribution is 5.78. The Hall–Kier alpha value is -1.86. The van der Waals surface area contributed by atoms with E-state index in [9.17, 15) is 10.1 Å². The van der Waals surface area contributed by atoms with Gasteiger partial charge in [-0.2, -0.15) is 5.26 Å². The fraction of sp³-hybridized carbons (Fsp3) is 0.467. The molecule has 0 bridgehead atoms. The number of carbonyl (C=O) groups is 1. The fourth-order valence-corrected chi connectivity index (χ4v) is 2.78. The molecule has 1 aliphatic rings. The topological polar surface area (TPSA) is 70.1 Å². The lowest BCUT2D eigenvalue weighted by Gasteiger charge is -2.42. The molecule has 0 spiro atoms. The van der Waals surface area contributed by atoms with Crippen molar-refractivity contribution in [1.29, 1.82) is 5.26 Å². The van der Waals surface area contributed by atoms with E-state index in [1.165, 1.54) is 0 Å². The number of likely N-dealkylation sites (tertiary alicyclic amines) is 1. The summed E-state index contributed by atoms with van der Waals surface area (Å²) in [4.78, 5) is 14.0. The van der Waals surface area contributed by atoms with Gasteiger partial charge in [0.05, 0.1) is 17.7 Å². The van der Waals surface area contributed by atoms with Crippen molar-refractivity contribution < 1.29 is 4.79 Å². The number of rotatable bonds is 2. The lowest BCUT2D eigenvalue weighted by Crippen LogP contribution is -2.51. The average molecular weight is 257 g/mol. The number of carbonyl (C=O) groups excluding carboxylic acids is 1. The third kappa shape index (κ3) is 2.47. The predicted octanol–water partition coefficient (Wildman–Crippen LogP) is 1.96. The Balaban J connectivity index is 2.49. The molecule has 1 amide bonds. The van der Waals surface area contributed by atoms with Gasteiger partial charge in [-0.3, -0.25) is 4.79 Å². The van der Waals surface area contributed by atoms with Crippen LogP contribution in [0.25, 0.3) is 0 Å². The van der Waals surface area contributed by atoms with Crippen molar-refractivity contribution >= 4 is 5.91 Å². The number of nitrogens with two attached hydrogens (primary N) is 1. The molecular weight excluding hydrogens is 238 g/mol. The van der Waals surface area contributed by atoms with Crippen molar-refractivity contribution in [3.8, 4) is 6.07 Å². The maximum atomic E-state index is 12.2. The molecule has 2 rings (SSSR count). The van der Waals surface area contributed by atoms with Gasteiger partial charge in [0.1, 0.15) is 0 Å². The monoisotopic (exact) mass is 257 g/mol. The largest absolute Gasteiger partial charge is 0.332 e. The van der Waals surface area contributed by atoms with Crippen molar-refractivity contribution in [2.24, 2.45) is 5.73 Å². The average Bonchev–Trinajstić information content (AvgIpc) is 2.40. The first-order valence-corrected chi connectivity index (χ1v) is 6.62. The summed E-state index contributed by atoms with van der Waals surface area (Å²) in [5.41, 5.74) is 7.68. The molecule has 2 N–H and O–H groups in total. The van der Waals surface area contributed by atoms with Gasteiger partial charge < -0.3 is 10.6 Å². The van der Waals surface area contributed by atoms with Crippen LogP contribution in [0.4, 0.5) is 0 Å². The Morgan fingerprint density at radius 1 is 1.42 bits per heavy atom. The van der Waals surface area contributed by atoms with Crippen LogP contribution >= 0.6 is 0 Å². The van der Waals surface area contributed by atoms with Crippen molar-refractivity contribution in [2.75, 3.05) is 0 Å². The molecule has 19 heavy (non-hydrogen) atoms. The number of benzene rings is 1. The van der Waals surface area contributed by atoms with Crippen LogP contribution in [0, 0.1) is 11.3 Å². The van der Waals surface area contributed by atoms with Crippen LogP contribution in [0.2, 0.25) is 0 Å². The highest BCUT2D eigenvalue weighted by atomic mass is 16.2. The zero-order valence-electron chi connectivity index (χ0n) is 11.3. The molecule has 4 heteroatoms. The fourth-order valence-electron chi connectivity index (χ4n) is 2.78. The van der Waals surface area contributed by atoms with Gasteiger partial charge in [-0.1, -0.05) is 18.2 Å². The summed E-state index contributed by atoms with van der Waals surface area (Å²) in [6.07, 6.45) is 1.16. The van der Waals surface area contributed by atoms with Gasteiger partial charge in [0, 0.05) is 18.5 Å². The minimum Gasteiger partial charge on any atom is -0.332 e. The maximum Gasteiger partial charge on any atom is 0.223 e. The summed E-state index contributed by atoms with van der Waals surface area (Å²) < 4.78 is 0. The van der Waals surface area contributed by atoms with E-state index in [-0.39, 0.29) is 24.0 Å². The van der Waals surface area contributed by atoms with E-state index in [4.69, 9.17) is 5.73 Å². The number of amides is 1. The van der Waals surface area contributed by atoms with E-state index >= 15 is 0 Å². The lowest BCUT2D eigenvalue weighted by molar-refractivity contribution is -0.139. The van der Waals surface area contributed by atoms with Crippen LogP contribution in [0.15, 0.2) is 24.3 Å². The third-order valence-corrected chi connectivity index (χ3v) is 3.64. The normalized spacial score (nSPS) is 23.5. The molecule has 0 aromatic heterocycles. The Labute approximate surface area is 113 Å². The van der Waals surface area contributed by atoms with Gasteiger partial charge in [0.15, 0.2) is 0 Å². The molecule has 1 aromatic carbocycles. The molecule has 1 aromatic rings. The molecule has 1 fully saturated rings. The molecule has 1 saturated heterocycles. The van der Waals surface area contributed by atoms with Crippen molar-refractivity contribution in [3.05, 3.63) is 35.4 Å². The third-order valence-electron chi connectivity index (χ3n) is 3.64. The Kier molecular flexibility index (Phi) is 3.87. The predicted molar refractivity (Wildman–Crippen MR) is 73.1 cm³/mol. The molecule has 0 saturated carbocycles. The Bertz CT molecular complexity index is 518. The van der Waals surface area contributed by atoms with Crippen molar-refractivity contribution in [3.63, 3.8) is 0 Å². The summed E-state index contributed by atoms with van der Waals surface area (Å²) in [6.45, 7) is 3.97. The van der Waals surface area contributed by atoms with E-state index < -0.39 is 0 Å². The molecule has 2 atom stereocenters. The lowest BCUT2D eigenvalue weighted by atomic mass is 9.87. The molecule has 1 aliphatic heterocycles. The zero-order valence-corrected chi connectivity index (χ0v) is 11.3. The van der Waals surface area contributed by atoms with Crippen LogP contribution in [-0.2, 0) is 4.79 Å². The number of hydrogen-bond acceptors (Lipinski definition) is 3. The smallest absolute Gasteiger partial charge is 0.223 e. The van der Waals surface area contributed by atoms with Crippen LogP contribution in [0.1, 0.15) is 43.9 Å². The first-order chi connectivity index (χ1) is 9.06. The molecule has 100 valence electrons. The van der Waals surface area contributed by atoms with Crippen molar-refractivity contribution in [2.45, 2.75) is 44.8 Å². The first kappa shape index (κ1) is 13.6. The molecule has 4 nitrogen and oxygen atoms in total. The Morgan fingerprint density at radius 3 is 2.74 bits per heavy atom. The molecule has 0 aliphatic carbocycles. The second kappa shape index (κ2) is 5.41. The van der Waals surface area contributed by atoms with Crippen LogP contribution in [-0.4, -0.2) is 22.9 Å². The summed E-state index contributed by atoms with van der Waals surface area (Å²) >= 11 is 0. The quantitative estimate of drug-likeness (QED) is 0.880. The first-order valence-electron chi connectivity index (χ1n) is 6.62. The molecule has 2 unspecified atom stereocenters. The van der Waals surface area contributed by atoms with Gasteiger partial charge in [-0.15, -0.1) is 0 Å². The van der Waals surface area contributed by atoms with Crippen LogP contribution < -0.4 is 5.73 Å². The van der Waals surface area contributed by atoms with Gasteiger partial charge in [-0.05, 0) is 31.9 Å². The second-order valence-electron chi connectivity index (χ2n) is 5.24. The summed E-state index contributed by atoms with van der Waals surface area (Å²) in [5, 5.41) is 9.23. The standard InChI is InChI=1S/C15H19N3O/c1-10(2)18-14(19)8-7-13(17)15(18)12-6-4-3-5-11(12)9-16/h3-6,10,13,15H,7-8,17H2,1-2H3. The number of hydrogen-bond donors (Lipinski definition) is 1. The van der Waals surface area contributed by atoms with E-state index in [2.05, 4.69) is 6.07 Å². The summed E-state index contributed by atoms with van der Waals surface area (Å²) in [7, 11) is 0. The van der Waals surface area contributed by atoms with Crippen LogP contribution in [0.5, 0.6) is 0 Å².